The molecule has 2 aromatic heterocycles. The third-order valence-electron chi connectivity index (χ3n) is 8.68. The first kappa shape index (κ1) is 41.5. The number of nitrogens with zero attached hydrogens (tertiary/aromatic N) is 2. The monoisotopic (exact) mass is 721 g/mol. The van der Waals surface area contributed by atoms with Gasteiger partial charge in [0.05, 0.1) is 30.6 Å². The Morgan fingerprint density at radius 1 is 0.769 bits per heavy atom. The molecule has 2 heterocycles. The van der Waals surface area contributed by atoms with E-state index in [1.165, 1.54) is 0 Å². The minimum atomic E-state index is -1.19. The molecule has 2 aromatic rings. The third kappa shape index (κ3) is 13.7. The molecule has 5 N–H and O–H groups in total. The van der Waals surface area contributed by atoms with E-state index in [1.807, 2.05) is 27.7 Å². The van der Waals surface area contributed by atoms with E-state index in [-0.39, 0.29) is 37.2 Å². The Labute approximate surface area is 306 Å². The molecule has 1 aliphatic carbocycles. The summed E-state index contributed by atoms with van der Waals surface area (Å²) in [4.78, 5) is 88.0. The highest BCUT2D eigenvalue weighted by Crippen LogP contribution is 2.27. The molecule has 1 aliphatic rings. The number of carbonyl (C=O) groups is 6. The van der Waals surface area contributed by atoms with Gasteiger partial charge in [0.15, 0.2) is 0 Å². The fourth-order valence-electron chi connectivity index (χ4n) is 6.08. The lowest BCUT2D eigenvalue weighted by atomic mass is 9.83. The molecule has 1 unspecified atom stereocenters. The van der Waals surface area contributed by atoms with E-state index in [9.17, 15) is 28.8 Å². The number of amides is 5. The van der Waals surface area contributed by atoms with Crippen LogP contribution in [0.4, 0.5) is 4.79 Å². The third-order valence-corrected chi connectivity index (χ3v) is 8.68. The fraction of sp³-hybridized carbons (Fsp3) is 0.579. The van der Waals surface area contributed by atoms with Gasteiger partial charge in [-0.15, -0.1) is 0 Å². The van der Waals surface area contributed by atoms with Crippen LogP contribution in [0.1, 0.15) is 103 Å². The van der Waals surface area contributed by atoms with Crippen molar-refractivity contribution in [1.29, 1.82) is 0 Å². The molecule has 0 aliphatic heterocycles. The minimum absolute atomic E-state index is 0.0173. The van der Waals surface area contributed by atoms with Crippen molar-refractivity contribution in [3.8, 4) is 0 Å². The van der Waals surface area contributed by atoms with Crippen LogP contribution in [-0.2, 0) is 28.7 Å². The average Bonchev–Trinajstić information content (AvgIpc) is 3.14. The molecule has 0 bridgehead atoms. The molecule has 3 atom stereocenters. The number of pyridine rings is 2. The first-order valence-electron chi connectivity index (χ1n) is 18.4. The van der Waals surface area contributed by atoms with Gasteiger partial charge in [0.2, 0.25) is 23.5 Å². The maximum atomic E-state index is 13.7. The summed E-state index contributed by atoms with van der Waals surface area (Å²) in [5, 5.41) is 13.4. The number of hydrogen-bond donors (Lipinski definition) is 5. The summed E-state index contributed by atoms with van der Waals surface area (Å²) < 4.78 is 5.30. The zero-order valence-corrected chi connectivity index (χ0v) is 31.0. The van der Waals surface area contributed by atoms with Gasteiger partial charge in [0.1, 0.15) is 18.1 Å². The lowest BCUT2D eigenvalue weighted by Gasteiger charge is -2.31. The zero-order valence-electron chi connectivity index (χ0n) is 31.0. The number of hydrogen-bond acceptors (Lipinski definition) is 9. The molecular weight excluding hydrogens is 666 g/mol. The van der Waals surface area contributed by atoms with Crippen molar-refractivity contribution in [1.82, 2.24) is 36.6 Å². The van der Waals surface area contributed by atoms with Crippen molar-refractivity contribution in [2.45, 2.75) is 110 Å². The second-order valence-electron chi connectivity index (χ2n) is 14.1. The summed E-state index contributed by atoms with van der Waals surface area (Å²) in [6, 6.07) is 6.70. The number of ketones is 1. The summed E-state index contributed by atoms with van der Waals surface area (Å²) >= 11 is 0. The van der Waals surface area contributed by atoms with Gasteiger partial charge in [0, 0.05) is 12.4 Å². The Kier molecular flexibility index (Phi) is 17.2. The Hall–Kier alpha value is -4.88. The van der Waals surface area contributed by atoms with Gasteiger partial charge in [-0.05, 0) is 67.7 Å². The van der Waals surface area contributed by atoms with E-state index < -0.39 is 66.2 Å². The molecule has 1 fully saturated rings. The van der Waals surface area contributed by atoms with Crippen LogP contribution in [0.25, 0.3) is 0 Å². The molecule has 3 rings (SSSR count). The van der Waals surface area contributed by atoms with Crippen LogP contribution in [0.5, 0.6) is 0 Å². The highest BCUT2D eigenvalue weighted by Gasteiger charge is 2.35. The van der Waals surface area contributed by atoms with Gasteiger partial charge >= 0.3 is 6.09 Å². The minimum Gasteiger partial charge on any atom is -0.449 e. The first-order valence-corrected chi connectivity index (χ1v) is 18.4. The second kappa shape index (κ2) is 21.5. The van der Waals surface area contributed by atoms with Crippen molar-refractivity contribution >= 4 is 35.5 Å². The summed E-state index contributed by atoms with van der Waals surface area (Å²) in [5.41, 5.74) is 1.08. The number of rotatable bonds is 19. The number of alkyl carbamates (subject to hydrolysis) is 1. The van der Waals surface area contributed by atoms with Crippen LogP contribution >= 0.6 is 0 Å². The largest absolute Gasteiger partial charge is 0.449 e. The normalized spacial score (nSPS) is 14.9. The summed E-state index contributed by atoms with van der Waals surface area (Å²) in [6.45, 7) is 9.11. The predicted octanol–water partition coefficient (Wildman–Crippen LogP) is 3.51. The average molecular weight is 722 g/mol. The van der Waals surface area contributed by atoms with Gasteiger partial charge in [-0.25, -0.2) is 4.79 Å². The van der Waals surface area contributed by atoms with E-state index in [4.69, 9.17) is 4.74 Å². The topological polar surface area (TPSA) is 198 Å². The molecule has 14 heteroatoms. The van der Waals surface area contributed by atoms with Gasteiger partial charge in [0.25, 0.3) is 5.91 Å². The highest BCUT2D eigenvalue weighted by molar-refractivity contribution is 6.38. The Bertz CT molecular complexity index is 1430. The van der Waals surface area contributed by atoms with E-state index >= 15 is 0 Å². The van der Waals surface area contributed by atoms with E-state index in [1.54, 1.807) is 55.7 Å². The molecule has 0 spiro atoms. The zero-order chi connectivity index (χ0) is 38.0. The summed E-state index contributed by atoms with van der Waals surface area (Å²) in [6.07, 6.45) is 7.74. The SMILES string of the molecule is CCCC(NC(=O)[C@H](CC(C)C)NC(=O)[C@@H](NC(=O)OCC(C)C)C1CCCCC1)C(=O)C(=O)NCC(=O)NC(c1ccccn1)c1ccccn1. The molecule has 1 saturated carbocycles. The molecule has 0 saturated heterocycles. The fourth-order valence-corrected chi connectivity index (χ4v) is 6.08. The lowest BCUT2D eigenvalue weighted by molar-refractivity contribution is -0.141. The molecule has 0 radical (unpaired) electrons. The maximum absolute atomic E-state index is 13.7. The van der Waals surface area contributed by atoms with Crippen molar-refractivity contribution in [3.63, 3.8) is 0 Å². The quantitative estimate of drug-likeness (QED) is 0.135. The van der Waals surface area contributed by atoms with Gasteiger partial charge in [-0.1, -0.05) is 72.4 Å². The highest BCUT2D eigenvalue weighted by atomic mass is 16.5. The Balaban J connectivity index is 1.66. The molecule has 14 nitrogen and oxygen atoms in total. The maximum Gasteiger partial charge on any atom is 0.407 e. The van der Waals surface area contributed by atoms with Crippen LogP contribution in [0.3, 0.4) is 0 Å². The second-order valence-corrected chi connectivity index (χ2v) is 14.1. The van der Waals surface area contributed by atoms with E-state index in [0.29, 0.717) is 17.8 Å². The summed E-state index contributed by atoms with van der Waals surface area (Å²) in [7, 11) is 0. The molecule has 0 aromatic carbocycles. The molecule has 52 heavy (non-hydrogen) atoms. The van der Waals surface area contributed by atoms with Gasteiger partial charge < -0.3 is 31.3 Å². The van der Waals surface area contributed by atoms with Crippen molar-refractivity contribution < 1.29 is 33.5 Å². The first-order chi connectivity index (χ1) is 24.9. The number of carbonyl (C=O) groups excluding carboxylic acids is 6. The van der Waals surface area contributed by atoms with Gasteiger partial charge in [-0.3, -0.25) is 33.9 Å². The van der Waals surface area contributed by atoms with Crippen molar-refractivity contribution in [2.24, 2.45) is 17.8 Å². The number of Topliss-reactive ketones (excluding diaryl/α,β-unsaturated/α-hetero) is 1. The molecular formula is C38H55N7O7. The van der Waals surface area contributed by atoms with E-state index in [0.717, 1.165) is 32.1 Å². The van der Waals surface area contributed by atoms with Crippen molar-refractivity contribution in [2.75, 3.05) is 13.2 Å². The van der Waals surface area contributed by atoms with Gasteiger partial charge in [-0.2, -0.15) is 0 Å². The summed E-state index contributed by atoms with van der Waals surface area (Å²) in [5.74, 6) is -3.69. The van der Waals surface area contributed by atoms with Crippen LogP contribution in [0.2, 0.25) is 0 Å². The van der Waals surface area contributed by atoms with Crippen molar-refractivity contribution in [3.05, 3.63) is 60.2 Å². The smallest absolute Gasteiger partial charge is 0.407 e. The number of aromatic nitrogens is 2. The Morgan fingerprint density at radius 3 is 1.92 bits per heavy atom. The number of nitrogens with one attached hydrogen (secondary N) is 5. The lowest BCUT2D eigenvalue weighted by Crippen LogP contribution is -2.58. The molecule has 284 valence electrons. The predicted molar refractivity (Wildman–Crippen MR) is 194 cm³/mol. The van der Waals surface area contributed by atoms with Crippen LogP contribution in [0.15, 0.2) is 48.8 Å². The number of ether oxygens (including phenoxy) is 1. The van der Waals surface area contributed by atoms with Crippen LogP contribution in [0, 0.1) is 17.8 Å². The standard InChI is InChI=1S/C38H55N7O7/c1-6-14-29(34(47)37(50)41-22-31(46)44-33(27-17-10-12-19-39-27)28-18-11-13-20-40-28)42-35(48)30(21-24(2)3)43-36(49)32(26-15-8-7-9-16-26)45-38(51)52-23-25(4)5/h10-13,17-20,24-26,29-30,32-33H,6-9,14-16,21-23H2,1-5H3,(H,41,50)(H,42,48)(H,43,49)(H,44,46)(H,45,51)/t29?,30-,32-/m0/s1. The van der Waals surface area contributed by atoms with E-state index in [2.05, 4.69) is 36.6 Å². The van der Waals surface area contributed by atoms with Crippen LogP contribution < -0.4 is 26.6 Å². The molecule has 5 amide bonds. The Morgan fingerprint density at radius 2 is 1.38 bits per heavy atom. The van der Waals surface area contributed by atoms with Crippen LogP contribution in [-0.4, -0.2) is 76.8 Å².